The monoisotopic (exact) mass is 995 g/mol. The molecule has 0 aliphatic rings. The van der Waals surface area contributed by atoms with Gasteiger partial charge in [0, 0.05) is 47.3 Å². The van der Waals surface area contributed by atoms with E-state index in [1.165, 1.54) is 30.7 Å². The molecule has 0 aliphatic heterocycles. The Kier molecular flexibility index (Phi) is 13.3. The number of para-hydroxylation sites is 3. The van der Waals surface area contributed by atoms with Crippen molar-refractivity contribution < 1.29 is 33.3 Å². The van der Waals surface area contributed by atoms with Gasteiger partial charge in [-0.25, -0.2) is 0 Å². The molecule has 0 atom stereocenters. The maximum absolute atomic E-state index is 13.2. The van der Waals surface area contributed by atoms with E-state index in [4.69, 9.17) is 4.98 Å². The topological polar surface area (TPSA) is 54.5 Å². The van der Waals surface area contributed by atoms with E-state index in [0.29, 0.717) is 23.0 Å². The molecule has 0 bridgehead atoms. The summed E-state index contributed by atoms with van der Waals surface area (Å²) in [6, 6.07) is 46.2. The third-order valence-corrected chi connectivity index (χ3v) is 12.1. The summed E-state index contributed by atoms with van der Waals surface area (Å²) in [6.45, 7) is 13.5. The molecule has 3 aromatic heterocycles. The second-order valence-electron chi connectivity index (χ2n) is 16.1. The van der Waals surface area contributed by atoms with Crippen LogP contribution in [0.25, 0.3) is 59.9 Å². The molecule has 4 nitrogen and oxygen atoms in total. The van der Waals surface area contributed by atoms with Crippen molar-refractivity contribution in [1.82, 2.24) is 14.5 Å². The van der Waals surface area contributed by atoms with E-state index in [1.807, 2.05) is 72.9 Å². The van der Waals surface area contributed by atoms with Crippen molar-refractivity contribution in [2.24, 2.45) is 5.41 Å². The van der Waals surface area contributed by atoms with Gasteiger partial charge in [0.15, 0.2) is 0 Å². The van der Waals surface area contributed by atoms with E-state index in [2.05, 4.69) is 86.6 Å². The number of alkyl halides is 3. The smallest absolute Gasteiger partial charge is 0.333 e. The second-order valence-corrected chi connectivity index (χ2v) is 17.1. The van der Waals surface area contributed by atoms with E-state index in [-0.39, 0.29) is 26.5 Å². The van der Waals surface area contributed by atoms with Gasteiger partial charge < -0.3 is 9.55 Å². The normalized spacial score (nSPS) is 11.7. The Labute approximate surface area is 368 Å². The first-order valence-electron chi connectivity index (χ1n) is 19.7. The van der Waals surface area contributed by atoms with Gasteiger partial charge in [-0.1, -0.05) is 96.1 Å². The summed E-state index contributed by atoms with van der Waals surface area (Å²) in [7, 11) is 0. The van der Waals surface area contributed by atoms with E-state index < -0.39 is 11.6 Å². The quantitative estimate of drug-likeness (QED) is 0.143. The van der Waals surface area contributed by atoms with E-state index in [9.17, 15) is 18.4 Å². The fraction of sp³-hybridized carbons (Fsp3) is 0.235. The van der Waals surface area contributed by atoms with Crippen LogP contribution in [0.4, 0.5) is 13.2 Å². The zero-order chi connectivity index (χ0) is 42.1. The Morgan fingerprint density at radius 3 is 2.10 bits per heavy atom. The molecule has 1 radical (unpaired) electrons. The van der Waals surface area contributed by atoms with E-state index >= 15 is 0 Å². The van der Waals surface area contributed by atoms with Crippen molar-refractivity contribution in [3.63, 3.8) is 0 Å². The summed E-state index contributed by atoms with van der Waals surface area (Å²) in [4.78, 5) is 10.6. The first-order chi connectivity index (χ1) is 28.2. The minimum atomic E-state index is -4.23. The minimum Gasteiger partial charge on any atom is -0.333 e. The average molecular weight is 995 g/mol. The van der Waals surface area contributed by atoms with Crippen molar-refractivity contribution in [2.75, 3.05) is 0 Å². The number of nitriles is 1. The van der Waals surface area contributed by atoms with Gasteiger partial charge in [-0.05, 0) is 82.1 Å². The summed E-state index contributed by atoms with van der Waals surface area (Å²) < 4.78 is 43.0. The van der Waals surface area contributed by atoms with Crippen LogP contribution in [-0.4, -0.2) is 20.7 Å². The molecule has 60 heavy (non-hydrogen) atoms. The Hall–Kier alpha value is -5.39. The van der Waals surface area contributed by atoms with Crippen LogP contribution in [0.5, 0.6) is 0 Å². The van der Waals surface area contributed by atoms with Crippen LogP contribution in [0.2, 0.25) is 0 Å². The van der Waals surface area contributed by atoms with Gasteiger partial charge in [0.25, 0.3) is 0 Å². The van der Waals surface area contributed by atoms with Crippen molar-refractivity contribution in [1.29, 1.82) is 5.26 Å². The molecule has 0 spiro atoms. The summed E-state index contributed by atoms with van der Waals surface area (Å²) in [6.07, 6.45) is -2.46. The van der Waals surface area contributed by atoms with Gasteiger partial charge in [-0.15, -0.1) is 77.1 Å². The Morgan fingerprint density at radius 2 is 1.47 bits per heavy atom. The van der Waals surface area contributed by atoms with Crippen LogP contribution < -0.4 is 0 Å². The predicted octanol–water partition coefficient (Wildman–Crippen LogP) is 14.5. The number of halogens is 3. The standard InChI is InChI=1S/C26H24N3.C25H21F3NS.Ir/c1-17(2)21-11-8-12-22(18(3)4)25(21)29-24-14-6-5-13-23(24)28-26(29)20-10-7-9-19(15-20)16-27;1-16-20-13-14-29-21(18-7-5-4-6-8-18)23(20)30-22(16)19-11-9-17(10-12-19)15-24(2,3)25(26,27)28;/h5-9,11-15,17-18H,1-4H3;4-7,9-14H,15H2,1-3H3;/q2*-1;. The largest absolute Gasteiger partial charge is 0.394 e. The van der Waals surface area contributed by atoms with Crippen LogP contribution in [0, 0.1) is 35.8 Å². The first kappa shape index (κ1) is 44.2. The number of pyridine rings is 1. The summed E-state index contributed by atoms with van der Waals surface area (Å²) >= 11 is 1.66. The van der Waals surface area contributed by atoms with Crippen molar-refractivity contribution >= 4 is 32.5 Å². The zero-order valence-electron chi connectivity index (χ0n) is 34.6. The van der Waals surface area contributed by atoms with Crippen LogP contribution in [0.1, 0.15) is 81.2 Å². The summed E-state index contributed by atoms with van der Waals surface area (Å²) in [5.74, 6) is 1.55. The molecular weight excluding hydrogens is 950 g/mol. The fourth-order valence-electron chi connectivity index (χ4n) is 7.41. The van der Waals surface area contributed by atoms with E-state index in [0.717, 1.165) is 59.8 Å². The summed E-state index contributed by atoms with van der Waals surface area (Å²) in [5, 5.41) is 10.5. The van der Waals surface area contributed by atoms with Crippen molar-refractivity contribution in [2.45, 2.75) is 72.9 Å². The van der Waals surface area contributed by atoms with Gasteiger partial charge in [-0.2, -0.15) is 18.4 Å². The number of aryl methyl sites for hydroxylation is 1. The van der Waals surface area contributed by atoms with Gasteiger partial charge in [-0.3, -0.25) is 4.98 Å². The second kappa shape index (κ2) is 18.1. The molecule has 0 N–H and O–H groups in total. The van der Waals surface area contributed by atoms with Crippen molar-refractivity contribution in [3.8, 4) is 44.8 Å². The number of hydrogen-bond acceptors (Lipinski definition) is 4. The predicted molar refractivity (Wildman–Crippen MR) is 236 cm³/mol. The molecule has 3 heterocycles. The number of benzene rings is 5. The first-order valence-corrected chi connectivity index (χ1v) is 20.5. The molecular formula is C51H45F3IrN4S-2. The van der Waals surface area contributed by atoms with Gasteiger partial charge >= 0.3 is 6.18 Å². The Balaban J connectivity index is 0.000000198. The Bertz CT molecular complexity index is 2770. The molecule has 8 rings (SSSR count). The molecule has 8 aromatic rings. The Morgan fingerprint density at radius 1 is 0.800 bits per heavy atom. The number of aromatic nitrogens is 3. The van der Waals surface area contributed by atoms with Gasteiger partial charge in [0.1, 0.15) is 0 Å². The fourth-order valence-corrected chi connectivity index (χ4v) is 8.72. The van der Waals surface area contributed by atoms with Crippen LogP contribution >= 0.6 is 11.3 Å². The maximum atomic E-state index is 13.2. The SMILES string of the molecule is CC(C)c1cccc(C(C)C)c1-n1c(-c2[c-]ccc(C#N)c2)nc2ccccc21.Cc1c(-c2ccc(CC(C)(C)C(F)(F)F)cc2)sc2c(-c3[c-]cccc3)nccc12.[Ir]. The van der Waals surface area contributed by atoms with Crippen LogP contribution in [0.15, 0.2) is 121 Å². The third kappa shape index (κ3) is 8.88. The minimum absolute atomic E-state index is 0. The molecule has 0 aliphatic carbocycles. The molecule has 0 saturated carbocycles. The van der Waals surface area contributed by atoms with Crippen molar-refractivity contribution in [3.05, 3.63) is 161 Å². The average Bonchev–Trinajstić information content (AvgIpc) is 3.78. The molecule has 5 aromatic carbocycles. The molecule has 307 valence electrons. The third-order valence-electron chi connectivity index (χ3n) is 10.7. The molecule has 0 amide bonds. The number of fused-ring (bicyclic) bond motifs is 2. The number of rotatable bonds is 8. The molecule has 0 fully saturated rings. The number of thiophene rings is 1. The maximum Gasteiger partial charge on any atom is 0.394 e. The molecule has 0 unspecified atom stereocenters. The van der Waals surface area contributed by atoms with Gasteiger partial charge in [0.05, 0.1) is 28.3 Å². The van der Waals surface area contributed by atoms with Crippen LogP contribution in [-0.2, 0) is 26.5 Å². The number of imidazole rings is 1. The van der Waals surface area contributed by atoms with E-state index in [1.54, 1.807) is 35.6 Å². The summed E-state index contributed by atoms with van der Waals surface area (Å²) in [5.41, 5.74) is 10.1. The number of hydrogen-bond donors (Lipinski definition) is 0. The van der Waals surface area contributed by atoms with Crippen LogP contribution in [0.3, 0.4) is 0 Å². The van der Waals surface area contributed by atoms with Gasteiger partial charge in [0.2, 0.25) is 0 Å². The number of nitrogens with zero attached hydrogens (tertiary/aromatic N) is 4. The molecule has 0 saturated heterocycles. The molecule has 9 heteroatoms. The zero-order valence-corrected chi connectivity index (χ0v) is 37.8.